The summed E-state index contributed by atoms with van der Waals surface area (Å²) in [6.45, 7) is 6.35. The quantitative estimate of drug-likeness (QED) is 0.355. The van der Waals surface area contributed by atoms with Crippen molar-refractivity contribution >= 4 is 17.6 Å². The van der Waals surface area contributed by atoms with E-state index in [2.05, 4.69) is 19.2 Å². The van der Waals surface area contributed by atoms with Crippen molar-refractivity contribution in [3.63, 3.8) is 0 Å². The number of carbonyl (C=O) groups is 2. The van der Waals surface area contributed by atoms with Crippen LogP contribution in [0.15, 0.2) is 48.5 Å². The third kappa shape index (κ3) is 7.90. The Morgan fingerprint density at radius 3 is 2.20 bits per heavy atom. The summed E-state index contributed by atoms with van der Waals surface area (Å²) in [7, 11) is 0. The molecule has 0 radical (unpaired) electrons. The van der Waals surface area contributed by atoms with Crippen LogP contribution in [-0.2, 0) is 16.0 Å². The molecule has 0 spiro atoms. The molecule has 0 saturated heterocycles. The first-order chi connectivity index (χ1) is 14.5. The molecule has 1 atom stereocenters. The normalized spacial score (nSPS) is 11.6. The minimum absolute atomic E-state index is 0.189. The number of esters is 1. The van der Waals surface area contributed by atoms with Crippen molar-refractivity contribution in [1.29, 1.82) is 0 Å². The smallest absolute Gasteiger partial charge is 0.347 e. The average Bonchev–Trinajstić information content (AvgIpc) is 2.76. The van der Waals surface area contributed by atoms with Gasteiger partial charge in [0, 0.05) is 11.3 Å². The number of amides is 1. The fourth-order valence-corrected chi connectivity index (χ4v) is 2.92. The van der Waals surface area contributed by atoms with Gasteiger partial charge in [-0.25, -0.2) is 4.79 Å². The molecule has 0 aliphatic heterocycles. The van der Waals surface area contributed by atoms with Crippen LogP contribution >= 0.6 is 0 Å². The van der Waals surface area contributed by atoms with Gasteiger partial charge in [-0.3, -0.25) is 4.79 Å². The molecular weight excluding hydrogens is 378 g/mol. The highest BCUT2D eigenvalue weighted by atomic mass is 16.6. The van der Waals surface area contributed by atoms with E-state index in [-0.39, 0.29) is 11.9 Å². The van der Waals surface area contributed by atoms with Crippen LogP contribution in [-0.4, -0.2) is 24.6 Å². The van der Waals surface area contributed by atoms with Crippen LogP contribution < -0.4 is 10.1 Å². The van der Waals surface area contributed by atoms with Crippen LogP contribution in [0.1, 0.15) is 68.8 Å². The number of carbonyl (C=O) groups excluding carboxylic acids is 2. The summed E-state index contributed by atoms with van der Waals surface area (Å²) < 4.78 is 10.8. The van der Waals surface area contributed by atoms with E-state index in [1.807, 2.05) is 24.3 Å². The Morgan fingerprint density at radius 2 is 1.57 bits per heavy atom. The first-order valence-electron chi connectivity index (χ1n) is 10.9. The van der Waals surface area contributed by atoms with Crippen molar-refractivity contribution in [2.24, 2.45) is 0 Å². The third-order valence-corrected chi connectivity index (χ3v) is 4.78. The summed E-state index contributed by atoms with van der Waals surface area (Å²) >= 11 is 0. The average molecular weight is 412 g/mol. The topological polar surface area (TPSA) is 64.6 Å². The van der Waals surface area contributed by atoms with Gasteiger partial charge in [0.2, 0.25) is 0 Å². The second-order valence-electron chi connectivity index (χ2n) is 7.41. The number of benzene rings is 2. The molecule has 2 rings (SSSR count). The highest BCUT2D eigenvalue weighted by molar-refractivity contribution is 6.04. The van der Waals surface area contributed by atoms with Gasteiger partial charge in [0.15, 0.2) is 6.10 Å². The number of hydrogen-bond donors (Lipinski definition) is 1. The lowest BCUT2D eigenvalue weighted by molar-refractivity contribution is -0.151. The van der Waals surface area contributed by atoms with E-state index in [1.54, 1.807) is 31.2 Å². The third-order valence-electron chi connectivity index (χ3n) is 4.78. The van der Waals surface area contributed by atoms with Crippen LogP contribution in [0.4, 0.5) is 5.69 Å². The van der Waals surface area contributed by atoms with Gasteiger partial charge in [-0.05, 0) is 68.1 Å². The Balaban J connectivity index is 1.84. The van der Waals surface area contributed by atoms with Crippen LogP contribution in [0.3, 0.4) is 0 Å². The van der Waals surface area contributed by atoms with E-state index in [0.29, 0.717) is 17.9 Å². The van der Waals surface area contributed by atoms with Gasteiger partial charge in [0.25, 0.3) is 5.91 Å². The molecule has 0 bridgehead atoms. The van der Waals surface area contributed by atoms with Gasteiger partial charge >= 0.3 is 5.97 Å². The van der Waals surface area contributed by atoms with Gasteiger partial charge in [-0.2, -0.15) is 0 Å². The van der Waals surface area contributed by atoms with E-state index >= 15 is 0 Å². The highest BCUT2D eigenvalue weighted by Crippen LogP contribution is 2.17. The van der Waals surface area contributed by atoms with Gasteiger partial charge < -0.3 is 14.8 Å². The molecular formula is C25H33NO4. The van der Waals surface area contributed by atoms with Crippen LogP contribution in [0.2, 0.25) is 0 Å². The fourth-order valence-electron chi connectivity index (χ4n) is 2.92. The van der Waals surface area contributed by atoms with E-state index in [4.69, 9.17) is 9.47 Å². The van der Waals surface area contributed by atoms with Crippen molar-refractivity contribution < 1.29 is 19.1 Å². The standard InChI is InChI=1S/C25H33NO4/c1-4-6-8-18-29-25(28)19(3)30-23-16-12-21(13-17-23)24(27)26-22-14-10-20(11-15-22)9-7-5-2/h10-17,19H,4-9,18H2,1-3H3,(H,26,27)/t19-/m0/s1. The SMILES string of the molecule is CCCCCOC(=O)[C@H](C)Oc1ccc(C(=O)Nc2ccc(CCCC)cc2)cc1. The van der Waals surface area contributed by atoms with Gasteiger partial charge in [-0.15, -0.1) is 0 Å². The zero-order valence-electron chi connectivity index (χ0n) is 18.3. The van der Waals surface area contributed by atoms with Gasteiger partial charge in [0.1, 0.15) is 5.75 Å². The van der Waals surface area contributed by atoms with Crippen molar-refractivity contribution in [3.8, 4) is 5.75 Å². The molecule has 2 aromatic rings. The summed E-state index contributed by atoms with van der Waals surface area (Å²) in [6, 6.07) is 14.7. The number of anilines is 1. The largest absolute Gasteiger partial charge is 0.479 e. The summed E-state index contributed by atoms with van der Waals surface area (Å²) in [5.41, 5.74) is 2.56. The zero-order chi connectivity index (χ0) is 21.8. The maximum absolute atomic E-state index is 12.5. The lowest BCUT2D eigenvalue weighted by Crippen LogP contribution is -2.26. The molecule has 0 saturated carbocycles. The summed E-state index contributed by atoms with van der Waals surface area (Å²) in [5, 5.41) is 2.90. The zero-order valence-corrected chi connectivity index (χ0v) is 18.3. The summed E-state index contributed by atoms with van der Waals surface area (Å²) in [5.74, 6) is -0.0496. The number of aryl methyl sites for hydroxylation is 1. The minimum atomic E-state index is -0.697. The highest BCUT2D eigenvalue weighted by Gasteiger charge is 2.16. The van der Waals surface area contributed by atoms with Crippen molar-refractivity contribution in [2.75, 3.05) is 11.9 Å². The number of unbranched alkanes of at least 4 members (excludes halogenated alkanes) is 3. The van der Waals surface area contributed by atoms with Crippen molar-refractivity contribution in [1.82, 2.24) is 0 Å². The predicted octanol–water partition coefficient (Wildman–Crippen LogP) is 5.78. The maximum atomic E-state index is 12.5. The Hall–Kier alpha value is -2.82. The first-order valence-corrected chi connectivity index (χ1v) is 10.9. The lowest BCUT2D eigenvalue weighted by Gasteiger charge is -2.14. The van der Waals surface area contributed by atoms with E-state index in [1.165, 1.54) is 5.56 Å². The molecule has 1 N–H and O–H groups in total. The molecule has 0 heterocycles. The first kappa shape index (κ1) is 23.5. The Bertz CT molecular complexity index is 784. The molecule has 0 aliphatic rings. The van der Waals surface area contributed by atoms with Gasteiger partial charge in [0.05, 0.1) is 6.61 Å². The fraction of sp³-hybridized carbons (Fsp3) is 0.440. The number of ether oxygens (including phenoxy) is 2. The molecule has 1 amide bonds. The van der Waals surface area contributed by atoms with Crippen molar-refractivity contribution in [2.45, 2.75) is 65.4 Å². The summed E-state index contributed by atoms with van der Waals surface area (Å²) in [4.78, 5) is 24.4. The Kier molecular flexibility index (Phi) is 9.92. The van der Waals surface area contributed by atoms with Crippen molar-refractivity contribution in [3.05, 3.63) is 59.7 Å². The van der Waals surface area contributed by atoms with E-state index in [0.717, 1.165) is 44.2 Å². The Labute approximate surface area is 179 Å². The Morgan fingerprint density at radius 1 is 0.900 bits per heavy atom. The van der Waals surface area contributed by atoms with Crippen LogP contribution in [0, 0.1) is 0 Å². The molecule has 0 unspecified atom stereocenters. The molecule has 30 heavy (non-hydrogen) atoms. The molecule has 5 heteroatoms. The predicted molar refractivity (Wildman–Crippen MR) is 120 cm³/mol. The lowest BCUT2D eigenvalue weighted by atomic mass is 10.1. The molecule has 5 nitrogen and oxygen atoms in total. The second kappa shape index (κ2) is 12.7. The van der Waals surface area contributed by atoms with Gasteiger partial charge in [-0.1, -0.05) is 45.2 Å². The number of hydrogen-bond acceptors (Lipinski definition) is 4. The minimum Gasteiger partial charge on any atom is -0.479 e. The molecule has 0 fully saturated rings. The van der Waals surface area contributed by atoms with Crippen LogP contribution in [0.25, 0.3) is 0 Å². The van der Waals surface area contributed by atoms with E-state index < -0.39 is 6.10 Å². The monoisotopic (exact) mass is 411 g/mol. The molecule has 162 valence electrons. The maximum Gasteiger partial charge on any atom is 0.347 e. The van der Waals surface area contributed by atoms with E-state index in [9.17, 15) is 9.59 Å². The summed E-state index contributed by atoms with van der Waals surface area (Å²) in [6.07, 6.45) is 5.66. The molecule has 0 aromatic heterocycles. The number of rotatable bonds is 12. The molecule has 2 aromatic carbocycles. The molecule has 0 aliphatic carbocycles. The second-order valence-corrected chi connectivity index (χ2v) is 7.41. The van der Waals surface area contributed by atoms with Crippen LogP contribution in [0.5, 0.6) is 5.75 Å². The number of nitrogens with one attached hydrogen (secondary N) is 1.